The Kier molecular flexibility index (Phi) is 3.99. The number of aliphatic hydroxyl groups is 1. The number of aromatic nitrogens is 2. The first-order valence-electron chi connectivity index (χ1n) is 5.96. The molecule has 1 heterocycles. The molecule has 4 heteroatoms. The third-order valence-electron chi connectivity index (χ3n) is 2.94. The summed E-state index contributed by atoms with van der Waals surface area (Å²) < 4.78 is 7.09. The monoisotopic (exact) mass is 246 g/mol. The van der Waals surface area contributed by atoms with Crippen molar-refractivity contribution in [1.82, 2.24) is 9.55 Å². The normalized spacial score (nSPS) is 12.4. The second-order valence-corrected chi connectivity index (χ2v) is 4.37. The Morgan fingerprint density at radius 1 is 1.39 bits per heavy atom. The van der Waals surface area contributed by atoms with Crippen molar-refractivity contribution >= 4 is 0 Å². The van der Waals surface area contributed by atoms with Crippen LogP contribution in [0.3, 0.4) is 0 Å². The van der Waals surface area contributed by atoms with Crippen molar-refractivity contribution in [1.29, 1.82) is 0 Å². The molecule has 0 saturated carbocycles. The molecule has 0 amide bonds. The van der Waals surface area contributed by atoms with Crippen LogP contribution in [-0.2, 0) is 19.9 Å². The summed E-state index contributed by atoms with van der Waals surface area (Å²) in [6, 6.07) is 7.77. The molecule has 0 aliphatic carbocycles. The summed E-state index contributed by atoms with van der Waals surface area (Å²) in [6.07, 6.45) is 4.35. The molecule has 0 aliphatic heterocycles. The van der Waals surface area contributed by atoms with Crippen LogP contribution in [0.4, 0.5) is 0 Å². The van der Waals surface area contributed by atoms with Gasteiger partial charge in [0.25, 0.3) is 0 Å². The van der Waals surface area contributed by atoms with Gasteiger partial charge in [0.15, 0.2) is 0 Å². The molecule has 18 heavy (non-hydrogen) atoms. The van der Waals surface area contributed by atoms with Gasteiger partial charge < -0.3 is 14.4 Å². The van der Waals surface area contributed by atoms with Crippen LogP contribution in [0.5, 0.6) is 5.75 Å². The number of aryl methyl sites for hydroxylation is 1. The maximum absolute atomic E-state index is 10.1. The summed E-state index contributed by atoms with van der Waals surface area (Å²) in [6.45, 7) is 0. The molecule has 96 valence electrons. The highest BCUT2D eigenvalue weighted by Gasteiger charge is 2.10. The summed E-state index contributed by atoms with van der Waals surface area (Å²) in [7, 11) is 3.57. The van der Waals surface area contributed by atoms with Gasteiger partial charge in [-0.3, -0.25) is 0 Å². The first kappa shape index (κ1) is 12.6. The molecule has 4 nitrogen and oxygen atoms in total. The van der Waals surface area contributed by atoms with Crippen LogP contribution in [0.15, 0.2) is 36.7 Å². The van der Waals surface area contributed by atoms with Crippen LogP contribution in [-0.4, -0.2) is 27.9 Å². The van der Waals surface area contributed by atoms with Crippen molar-refractivity contribution in [3.63, 3.8) is 0 Å². The minimum atomic E-state index is -0.432. The second kappa shape index (κ2) is 5.69. The average molecular weight is 246 g/mol. The van der Waals surface area contributed by atoms with Crippen LogP contribution in [0.25, 0.3) is 0 Å². The zero-order chi connectivity index (χ0) is 13.0. The number of ether oxygens (including phenoxy) is 1. The largest absolute Gasteiger partial charge is 0.497 e. The molecule has 2 rings (SSSR count). The molecule has 1 aromatic heterocycles. The maximum atomic E-state index is 10.1. The average Bonchev–Trinajstić information content (AvgIpc) is 2.75. The Morgan fingerprint density at radius 3 is 2.89 bits per heavy atom. The molecule has 1 atom stereocenters. The minimum Gasteiger partial charge on any atom is -0.497 e. The number of rotatable bonds is 5. The SMILES string of the molecule is COc1cccc(CC(O)Cc2nccn2C)c1. The van der Waals surface area contributed by atoms with E-state index in [-0.39, 0.29) is 0 Å². The topological polar surface area (TPSA) is 47.3 Å². The summed E-state index contributed by atoms with van der Waals surface area (Å²) >= 11 is 0. The first-order valence-corrected chi connectivity index (χ1v) is 5.96. The van der Waals surface area contributed by atoms with Gasteiger partial charge in [-0.25, -0.2) is 4.98 Å². The molecular weight excluding hydrogens is 228 g/mol. The minimum absolute atomic E-state index is 0.432. The van der Waals surface area contributed by atoms with Crippen molar-refractivity contribution in [3.8, 4) is 5.75 Å². The quantitative estimate of drug-likeness (QED) is 0.871. The van der Waals surface area contributed by atoms with Gasteiger partial charge in [-0.1, -0.05) is 12.1 Å². The fraction of sp³-hybridized carbons (Fsp3) is 0.357. The zero-order valence-corrected chi connectivity index (χ0v) is 10.7. The smallest absolute Gasteiger partial charge is 0.119 e. The van der Waals surface area contributed by atoms with Crippen molar-refractivity contribution in [2.45, 2.75) is 18.9 Å². The van der Waals surface area contributed by atoms with Crippen LogP contribution >= 0.6 is 0 Å². The summed E-state index contributed by atoms with van der Waals surface area (Å²) in [4.78, 5) is 4.21. The molecular formula is C14H18N2O2. The molecule has 0 aliphatic rings. The third kappa shape index (κ3) is 3.11. The Bertz CT molecular complexity index is 508. The Hall–Kier alpha value is -1.81. The van der Waals surface area contributed by atoms with Gasteiger partial charge >= 0.3 is 0 Å². The molecule has 0 radical (unpaired) electrons. The molecule has 1 aromatic carbocycles. The number of benzene rings is 1. The van der Waals surface area contributed by atoms with Crippen molar-refractivity contribution < 1.29 is 9.84 Å². The second-order valence-electron chi connectivity index (χ2n) is 4.37. The van der Waals surface area contributed by atoms with E-state index < -0.39 is 6.10 Å². The van der Waals surface area contributed by atoms with Gasteiger partial charge in [-0.15, -0.1) is 0 Å². The fourth-order valence-electron chi connectivity index (χ4n) is 1.95. The number of methoxy groups -OCH3 is 1. The van der Waals surface area contributed by atoms with E-state index in [2.05, 4.69) is 4.98 Å². The first-order chi connectivity index (χ1) is 8.69. The highest BCUT2D eigenvalue weighted by atomic mass is 16.5. The number of nitrogens with zero attached hydrogens (tertiary/aromatic N) is 2. The standard InChI is InChI=1S/C14H18N2O2/c1-16-7-6-15-14(16)10-12(17)8-11-4-3-5-13(9-11)18-2/h3-7,9,12,17H,8,10H2,1-2H3. The van der Waals surface area contributed by atoms with E-state index in [1.54, 1.807) is 13.3 Å². The van der Waals surface area contributed by atoms with E-state index in [9.17, 15) is 5.11 Å². The molecule has 0 bridgehead atoms. The highest BCUT2D eigenvalue weighted by Crippen LogP contribution is 2.15. The zero-order valence-electron chi connectivity index (χ0n) is 10.7. The fourth-order valence-corrected chi connectivity index (χ4v) is 1.95. The van der Waals surface area contributed by atoms with Crippen LogP contribution in [0, 0.1) is 0 Å². The van der Waals surface area contributed by atoms with Crippen molar-refractivity contribution in [2.75, 3.05) is 7.11 Å². The van der Waals surface area contributed by atoms with E-state index in [4.69, 9.17) is 4.74 Å². The van der Waals surface area contributed by atoms with E-state index in [1.165, 1.54) is 0 Å². The van der Waals surface area contributed by atoms with Crippen LogP contribution < -0.4 is 4.74 Å². The molecule has 1 N–H and O–H groups in total. The van der Waals surface area contributed by atoms with Gasteiger partial charge in [0.2, 0.25) is 0 Å². The van der Waals surface area contributed by atoms with Crippen molar-refractivity contribution in [3.05, 3.63) is 48.0 Å². The Labute approximate surface area is 107 Å². The number of hydrogen-bond acceptors (Lipinski definition) is 3. The number of imidazole rings is 1. The number of aliphatic hydroxyl groups excluding tert-OH is 1. The summed E-state index contributed by atoms with van der Waals surface area (Å²) in [5.74, 6) is 1.71. The predicted octanol–water partition coefficient (Wildman–Crippen LogP) is 1.57. The highest BCUT2D eigenvalue weighted by molar-refractivity contribution is 5.28. The van der Waals surface area contributed by atoms with Crippen molar-refractivity contribution in [2.24, 2.45) is 7.05 Å². The van der Waals surface area contributed by atoms with E-state index >= 15 is 0 Å². The molecule has 0 spiro atoms. The van der Waals surface area contributed by atoms with Crippen LogP contribution in [0.1, 0.15) is 11.4 Å². The molecule has 0 saturated heterocycles. The van der Waals surface area contributed by atoms with E-state index in [0.717, 1.165) is 17.1 Å². The summed E-state index contributed by atoms with van der Waals surface area (Å²) in [5.41, 5.74) is 1.07. The van der Waals surface area contributed by atoms with Crippen LogP contribution in [0.2, 0.25) is 0 Å². The van der Waals surface area contributed by atoms with Gasteiger partial charge in [-0.05, 0) is 24.1 Å². The van der Waals surface area contributed by atoms with Gasteiger partial charge in [0, 0.05) is 25.9 Å². The van der Waals surface area contributed by atoms with Gasteiger partial charge in [0.05, 0.1) is 13.2 Å². The lowest BCUT2D eigenvalue weighted by Gasteiger charge is -2.11. The maximum Gasteiger partial charge on any atom is 0.119 e. The molecule has 0 fully saturated rings. The lowest BCUT2D eigenvalue weighted by molar-refractivity contribution is 0.172. The lowest BCUT2D eigenvalue weighted by atomic mass is 10.1. The van der Waals surface area contributed by atoms with E-state index in [0.29, 0.717) is 12.8 Å². The number of hydrogen-bond donors (Lipinski definition) is 1. The Morgan fingerprint density at radius 2 is 2.22 bits per heavy atom. The van der Waals surface area contributed by atoms with Gasteiger partial charge in [0.1, 0.15) is 11.6 Å². The molecule has 2 aromatic rings. The van der Waals surface area contributed by atoms with E-state index in [1.807, 2.05) is 42.1 Å². The Balaban J connectivity index is 1.98. The predicted molar refractivity (Wildman–Crippen MR) is 69.6 cm³/mol. The third-order valence-corrected chi connectivity index (χ3v) is 2.94. The lowest BCUT2D eigenvalue weighted by Crippen LogP contribution is -2.16. The summed E-state index contributed by atoms with van der Waals surface area (Å²) in [5, 5.41) is 10.1. The van der Waals surface area contributed by atoms with Gasteiger partial charge in [-0.2, -0.15) is 0 Å². The molecule has 1 unspecified atom stereocenters.